The van der Waals surface area contributed by atoms with Gasteiger partial charge in [-0.1, -0.05) is 0 Å². The Morgan fingerprint density at radius 3 is 2.46 bits per heavy atom. The van der Waals surface area contributed by atoms with Gasteiger partial charge >= 0.3 is 12.1 Å². The number of carboxylic acid groups (broad SMARTS) is 1. The summed E-state index contributed by atoms with van der Waals surface area (Å²) < 4.78 is 67.3. The molecule has 0 bridgehead atoms. The highest BCUT2D eigenvalue weighted by atomic mass is 32.2. The smallest absolute Gasteiger partial charge is 0.417 e. The largest absolute Gasteiger partial charge is 0.478 e. The average molecular weight is 370 g/mol. The summed E-state index contributed by atoms with van der Waals surface area (Å²) in [5.74, 6) is -2.61. The summed E-state index contributed by atoms with van der Waals surface area (Å²) in [6.07, 6.45) is -5.63. The first-order chi connectivity index (χ1) is 11.0. The molecular formula is C14H17F3O6S. The Kier molecular flexibility index (Phi) is 6.76. The van der Waals surface area contributed by atoms with Crippen molar-refractivity contribution in [1.29, 1.82) is 0 Å². The summed E-state index contributed by atoms with van der Waals surface area (Å²) in [7, 11) is -2.69. The van der Waals surface area contributed by atoms with Crippen molar-refractivity contribution in [2.45, 2.75) is 30.0 Å². The van der Waals surface area contributed by atoms with Crippen LogP contribution in [0.3, 0.4) is 0 Å². The van der Waals surface area contributed by atoms with Gasteiger partial charge in [0.05, 0.1) is 27.9 Å². The third-order valence-electron chi connectivity index (χ3n) is 3.18. The van der Waals surface area contributed by atoms with Crippen molar-refractivity contribution in [3.05, 3.63) is 29.3 Å². The summed E-state index contributed by atoms with van der Waals surface area (Å²) in [6.45, 7) is 0.320. The van der Waals surface area contributed by atoms with Crippen LogP contribution in [-0.4, -0.2) is 50.2 Å². The van der Waals surface area contributed by atoms with Crippen molar-refractivity contribution in [2.75, 3.05) is 19.5 Å². The number of carboxylic acids is 1. The zero-order valence-corrected chi connectivity index (χ0v) is 13.5. The van der Waals surface area contributed by atoms with Gasteiger partial charge in [-0.3, -0.25) is 0 Å². The number of ether oxygens (including phenoxy) is 1. The summed E-state index contributed by atoms with van der Waals surface area (Å²) in [5.41, 5.74) is -2.59. The van der Waals surface area contributed by atoms with E-state index in [4.69, 9.17) is 9.84 Å². The number of aliphatic hydroxyl groups excluding tert-OH is 1. The zero-order chi connectivity index (χ0) is 18.5. The van der Waals surface area contributed by atoms with E-state index in [0.29, 0.717) is 31.2 Å². The van der Waals surface area contributed by atoms with Crippen molar-refractivity contribution >= 4 is 15.8 Å². The molecule has 0 spiro atoms. The molecule has 24 heavy (non-hydrogen) atoms. The highest BCUT2D eigenvalue weighted by Gasteiger charge is 2.36. The van der Waals surface area contributed by atoms with Gasteiger partial charge in [-0.15, -0.1) is 0 Å². The lowest BCUT2D eigenvalue weighted by Crippen LogP contribution is -2.22. The van der Waals surface area contributed by atoms with Crippen LogP contribution < -0.4 is 0 Å². The van der Waals surface area contributed by atoms with E-state index in [-0.39, 0.29) is 6.42 Å². The van der Waals surface area contributed by atoms with Gasteiger partial charge in [0, 0.05) is 13.7 Å². The van der Waals surface area contributed by atoms with Gasteiger partial charge in [0.15, 0.2) is 9.84 Å². The minimum atomic E-state index is -4.92. The van der Waals surface area contributed by atoms with Crippen molar-refractivity contribution in [3.8, 4) is 0 Å². The second kappa shape index (κ2) is 7.95. The number of carbonyl (C=O) groups is 1. The number of aliphatic hydroxyl groups is 1. The Bertz CT molecular complexity index is 684. The second-order valence-corrected chi connectivity index (χ2v) is 7.11. The predicted octanol–water partition coefficient (Wildman–Crippen LogP) is 1.96. The van der Waals surface area contributed by atoms with E-state index in [9.17, 15) is 31.5 Å². The Balaban J connectivity index is 3.08. The molecule has 1 rings (SSSR count). The summed E-state index contributed by atoms with van der Waals surface area (Å²) in [4.78, 5) is 10.4. The van der Waals surface area contributed by atoms with Gasteiger partial charge < -0.3 is 14.9 Å². The molecule has 0 aliphatic rings. The van der Waals surface area contributed by atoms with Crippen molar-refractivity contribution < 1.29 is 41.3 Å². The molecule has 0 aliphatic carbocycles. The summed E-state index contributed by atoms with van der Waals surface area (Å²) >= 11 is 0. The van der Waals surface area contributed by atoms with Crippen LogP contribution in [0.2, 0.25) is 0 Å². The number of hydrogen-bond acceptors (Lipinski definition) is 5. The van der Waals surface area contributed by atoms with Gasteiger partial charge in [0.2, 0.25) is 0 Å². The van der Waals surface area contributed by atoms with E-state index >= 15 is 0 Å². The molecular weight excluding hydrogens is 353 g/mol. The van der Waals surface area contributed by atoms with Gasteiger partial charge in [-0.05, 0) is 31.0 Å². The lowest BCUT2D eigenvalue weighted by molar-refractivity contribution is -0.138. The Morgan fingerprint density at radius 1 is 1.33 bits per heavy atom. The normalized spacial score (nSPS) is 13.7. The zero-order valence-electron chi connectivity index (χ0n) is 12.7. The van der Waals surface area contributed by atoms with Gasteiger partial charge in [-0.25, -0.2) is 13.2 Å². The molecule has 1 unspecified atom stereocenters. The molecule has 0 saturated carbocycles. The molecule has 0 aromatic heterocycles. The molecule has 2 N–H and O–H groups in total. The molecule has 0 heterocycles. The summed E-state index contributed by atoms with van der Waals surface area (Å²) in [6, 6.07) is 1.56. The number of benzene rings is 1. The van der Waals surface area contributed by atoms with Crippen molar-refractivity contribution in [3.63, 3.8) is 0 Å². The minimum Gasteiger partial charge on any atom is -0.478 e. The van der Waals surface area contributed by atoms with E-state index in [0.717, 1.165) is 0 Å². The first kappa shape index (κ1) is 20.4. The molecule has 0 radical (unpaired) electrons. The third-order valence-corrected chi connectivity index (χ3v) is 4.98. The number of halogens is 3. The first-order valence-electron chi connectivity index (χ1n) is 6.83. The number of sulfone groups is 1. The Labute approximate surface area is 136 Å². The van der Waals surface area contributed by atoms with Crippen LogP contribution in [0, 0.1) is 0 Å². The van der Waals surface area contributed by atoms with Crippen molar-refractivity contribution in [2.24, 2.45) is 0 Å². The number of rotatable bonds is 8. The lowest BCUT2D eigenvalue weighted by Gasteiger charge is -2.14. The van der Waals surface area contributed by atoms with E-state index in [2.05, 4.69) is 0 Å². The maximum absolute atomic E-state index is 12.8. The molecule has 10 heteroatoms. The average Bonchev–Trinajstić information content (AvgIpc) is 2.45. The molecule has 0 amide bonds. The number of methoxy groups -OCH3 is 1. The first-order valence-corrected chi connectivity index (χ1v) is 8.48. The van der Waals surface area contributed by atoms with Gasteiger partial charge in [0.1, 0.15) is 0 Å². The maximum atomic E-state index is 12.8. The van der Waals surface area contributed by atoms with Crippen LogP contribution in [0.1, 0.15) is 28.8 Å². The minimum absolute atomic E-state index is 0.124. The van der Waals surface area contributed by atoms with Crippen LogP contribution in [-0.2, 0) is 20.8 Å². The van der Waals surface area contributed by atoms with Crippen LogP contribution in [0.4, 0.5) is 13.2 Å². The van der Waals surface area contributed by atoms with E-state index in [1.807, 2.05) is 0 Å². The van der Waals surface area contributed by atoms with Crippen LogP contribution in [0.15, 0.2) is 23.1 Å². The highest BCUT2D eigenvalue weighted by molar-refractivity contribution is 7.91. The van der Waals surface area contributed by atoms with Gasteiger partial charge in [-0.2, -0.15) is 13.2 Å². The molecule has 0 saturated heterocycles. The molecule has 0 fully saturated rings. The van der Waals surface area contributed by atoms with Crippen LogP contribution in [0.25, 0.3) is 0 Å². The third kappa shape index (κ3) is 5.46. The Hall–Kier alpha value is -1.65. The lowest BCUT2D eigenvalue weighted by atomic mass is 10.1. The van der Waals surface area contributed by atoms with Crippen LogP contribution in [0.5, 0.6) is 0 Å². The Morgan fingerprint density at radius 2 is 1.96 bits per heavy atom. The molecule has 1 aromatic rings. The summed E-state index contributed by atoms with van der Waals surface area (Å²) in [5, 5.41) is 18.6. The molecule has 6 nitrogen and oxygen atoms in total. The van der Waals surface area contributed by atoms with Crippen molar-refractivity contribution in [1.82, 2.24) is 0 Å². The topological polar surface area (TPSA) is 101 Å². The second-order valence-electron chi connectivity index (χ2n) is 5.08. The molecule has 1 atom stereocenters. The molecule has 1 aromatic carbocycles. The highest BCUT2D eigenvalue weighted by Crippen LogP contribution is 2.33. The predicted molar refractivity (Wildman–Crippen MR) is 77.6 cm³/mol. The quantitative estimate of drug-likeness (QED) is 0.679. The van der Waals surface area contributed by atoms with E-state index in [1.165, 1.54) is 7.11 Å². The maximum Gasteiger partial charge on any atom is 0.417 e. The molecule has 136 valence electrons. The fraction of sp³-hybridized carbons (Fsp3) is 0.500. The number of alkyl halides is 3. The standard InChI is InChI=1S/C14H17F3O6S/c1-23-6-2-3-9(18)8-24(21,22)10-4-5-12(14(15,16)17)11(7-10)13(19)20/h4-5,7,9,18H,2-3,6,8H2,1H3,(H,19,20). The SMILES string of the molecule is COCCCC(O)CS(=O)(=O)c1ccc(C(F)(F)F)c(C(=O)O)c1. The fourth-order valence-electron chi connectivity index (χ4n) is 2.04. The van der Waals surface area contributed by atoms with E-state index in [1.54, 1.807) is 0 Å². The molecule has 0 aliphatic heterocycles. The number of hydrogen-bond donors (Lipinski definition) is 2. The number of aromatic carboxylic acids is 1. The van der Waals surface area contributed by atoms with Gasteiger partial charge in [0.25, 0.3) is 0 Å². The van der Waals surface area contributed by atoms with E-state index < -0.39 is 49.9 Å². The monoisotopic (exact) mass is 370 g/mol. The van der Waals surface area contributed by atoms with Crippen LogP contribution >= 0.6 is 0 Å². The fourth-order valence-corrected chi connectivity index (χ4v) is 3.48.